The third-order valence-corrected chi connectivity index (χ3v) is 5.56. The average molecular weight is 415 g/mol. The molecule has 0 saturated heterocycles. The third-order valence-electron chi connectivity index (χ3n) is 3.22. The van der Waals surface area contributed by atoms with E-state index in [0.717, 1.165) is 23.0 Å². The van der Waals surface area contributed by atoms with Crippen molar-refractivity contribution in [2.24, 2.45) is 0 Å². The highest BCUT2D eigenvalue weighted by Crippen LogP contribution is 2.33. The number of aromatic nitrogens is 1. The SMILES string of the molecule is Brc1cc(NC2CCc3cccnc32)ccc1I. The van der Waals surface area contributed by atoms with Gasteiger partial charge in [-0.15, -0.1) is 0 Å². The smallest absolute Gasteiger partial charge is 0.0691 e. The highest BCUT2D eigenvalue weighted by Gasteiger charge is 2.23. The molecule has 1 aliphatic carbocycles. The van der Waals surface area contributed by atoms with Gasteiger partial charge in [-0.3, -0.25) is 4.98 Å². The largest absolute Gasteiger partial charge is 0.377 e. The van der Waals surface area contributed by atoms with Gasteiger partial charge in [0, 0.05) is 19.9 Å². The molecule has 1 aromatic heterocycles. The van der Waals surface area contributed by atoms with Gasteiger partial charge in [-0.25, -0.2) is 0 Å². The first-order valence-corrected chi connectivity index (χ1v) is 7.76. The molecular formula is C14H12BrIN2. The van der Waals surface area contributed by atoms with E-state index in [1.807, 2.05) is 12.3 Å². The third kappa shape index (κ3) is 2.40. The summed E-state index contributed by atoms with van der Waals surface area (Å²) in [7, 11) is 0. The van der Waals surface area contributed by atoms with Crippen molar-refractivity contribution in [3.05, 3.63) is 55.8 Å². The van der Waals surface area contributed by atoms with Crippen LogP contribution in [-0.4, -0.2) is 4.98 Å². The molecule has 1 heterocycles. The molecule has 0 fully saturated rings. The molecule has 0 spiro atoms. The van der Waals surface area contributed by atoms with Gasteiger partial charge >= 0.3 is 0 Å². The first-order valence-electron chi connectivity index (χ1n) is 5.89. The number of nitrogens with zero attached hydrogens (tertiary/aromatic N) is 1. The zero-order chi connectivity index (χ0) is 12.5. The molecule has 1 aromatic carbocycles. The Hall–Kier alpha value is -0.620. The lowest BCUT2D eigenvalue weighted by Gasteiger charge is -2.15. The van der Waals surface area contributed by atoms with E-state index in [1.54, 1.807) is 0 Å². The Balaban J connectivity index is 1.84. The Bertz CT molecular complexity index is 586. The summed E-state index contributed by atoms with van der Waals surface area (Å²) in [6.07, 6.45) is 4.12. The van der Waals surface area contributed by atoms with Crippen molar-refractivity contribution in [2.45, 2.75) is 18.9 Å². The maximum atomic E-state index is 4.50. The van der Waals surface area contributed by atoms with Crippen molar-refractivity contribution in [3.8, 4) is 0 Å². The van der Waals surface area contributed by atoms with Crippen molar-refractivity contribution < 1.29 is 0 Å². The maximum absolute atomic E-state index is 4.50. The number of fused-ring (bicyclic) bond motifs is 1. The molecule has 0 bridgehead atoms. The summed E-state index contributed by atoms with van der Waals surface area (Å²) in [6.45, 7) is 0. The van der Waals surface area contributed by atoms with E-state index in [2.05, 4.69) is 73.1 Å². The predicted octanol–water partition coefficient (Wildman–Crippen LogP) is 4.55. The molecule has 4 heteroatoms. The van der Waals surface area contributed by atoms with Gasteiger partial charge in [0.25, 0.3) is 0 Å². The molecule has 92 valence electrons. The van der Waals surface area contributed by atoms with E-state index in [1.165, 1.54) is 14.8 Å². The second-order valence-corrected chi connectivity index (χ2v) is 6.43. The Kier molecular flexibility index (Phi) is 3.56. The van der Waals surface area contributed by atoms with Gasteiger partial charge in [-0.05, 0) is 81.2 Å². The van der Waals surface area contributed by atoms with Gasteiger partial charge in [-0.2, -0.15) is 0 Å². The number of pyridine rings is 1. The van der Waals surface area contributed by atoms with E-state index in [9.17, 15) is 0 Å². The van der Waals surface area contributed by atoms with Crippen LogP contribution < -0.4 is 5.32 Å². The Morgan fingerprint density at radius 3 is 3.06 bits per heavy atom. The van der Waals surface area contributed by atoms with Crippen molar-refractivity contribution in [3.63, 3.8) is 0 Å². The summed E-state index contributed by atoms with van der Waals surface area (Å²) in [5.41, 5.74) is 3.72. The molecule has 3 rings (SSSR count). The molecule has 0 radical (unpaired) electrons. The lowest BCUT2D eigenvalue weighted by molar-refractivity contribution is 0.746. The molecule has 1 atom stereocenters. The molecule has 1 unspecified atom stereocenters. The average Bonchev–Trinajstić information content (AvgIpc) is 2.78. The number of halogens is 2. The summed E-state index contributed by atoms with van der Waals surface area (Å²) in [5, 5.41) is 3.57. The molecule has 0 amide bonds. The van der Waals surface area contributed by atoms with Gasteiger partial charge < -0.3 is 5.32 Å². The number of hydrogen-bond donors (Lipinski definition) is 1. The van der Waals surface area contributed by atoms with Crippen molar-refractivity contribution in [2.75, 3.05) is 5.32 Å². The fraction of sp³-hybridized carbons (Fsp3) is 0.214. The van der Waals surface area contributed by atoms with Crippen LogP contribution in [0.4, 0.5) is 5.69 Å². The molecule has 1 aliphatic rings. The topological polar surface area (TPSA) is 24.9 Å². The van der Waals surface area contributed by atoms with Gasteiger partial charge in [0.15, 0.2) is 0 Å². The lowest BCUT2D eigenvalue weighted by atomic mass is 10.2. The van der Waals surface area contributed by atoms with Crippen LogP contribution in [0.3, 0.4) is 0 Å². The van der Waals surface area contributed by atoms with Crippen molar-refractivity contribution in [1.29, 1.82) is 0 Å². The van der Waals surface area contributed by atoms with Crippen LogP contribution in [-0.2, 0) is 6.42 Å². The molecule has 18 heavy (non-hydrogen) atoms. The number of nitrogens with one attached hydrogen (secondary N) is 1. The lowest BCUT2D eigenvalue weighted by Crippen LogP contribution is -2.08. The minimum Gasteiger partial charge on any atom is -0.377 e. The number of hydrogen-bond acceptors (Lipinski definition) is 2. The van der Waals surface area contributed by atoms with Crippen LogP contribution in [0.1, 0.15) is 23.7 Å². The van der Waals surface area contributed by atoms with E-state index < -0.39 is 0 Å². The van der Waals surface area contributed by atoms with Crippen LogP contribution in [0.5, 0.6) is 0 Å². The van der Waals surface area contributed by atoms with E-state index >= 15 is 0 Å². The predicted molar refractivity (Wildman–Crippen MR) is 85.8 cm³/mol. The van der Waals surface area contributed by atoms with Gasteiger partial charge in [0.1, 0.15) is 0 Å². The molecule has 2 nitrogen and oxygen atoms in total. The Morgan fingerprint density at radius 2 is 2.22 bits per heavy atom. The standard InChI is InChI=1S/C14H12BrIN2/c15-11-8-10(4-5-12(11)16)18-13-6-3-9-2-1-7-17-14(9)13/h1-2,4-5,7-8,13,18H,3,6H2. The minimum absolute atomic E-state index is 0.341. The van der Waals surface area contributed by atoms with Crippen LogP contribution in [0, 0.1) is 3.57 Å². The maximum Gasteiger partial charge on any atom is 0.0691 e. The highest BCUT2D eigenvalue weighted by atomic mass is 127. The first kappa shape index (κ1) is 12.4. The molecule has 0 aliphatic heterocycles. The summed E-state index contributed by atoms with van der Waals surface area (Å²) < 4.78 is 2.36. The fourth-order valence-electron chi connectivity index (χ4n) is 2.34. The molecular weight excluding hydrogens is 403 g/mol. The van der Waals surface area contributed by atoms with Crippen LogP contribution in [0.25, 0.3) is 0 Å². The molecule has 1 N–H and O–H groups in total. The zero-order valence-corrected chi connectivity index (χ0v) is 13.4. The summed E-state index contributed by atoms with van der Waals surface area (Å²) >= 11 is 5.88. The Labute approximate surface area is 128 Å². The first-order chi connectivity index (χ1) is 8.74. The van der Waals surface area contributed by atoms with Gasteiger partial charge in [0.2, 0.25) is 0 Å². The Morgan fingerprint density at radius 1 is 1.33 bits per heavy atom. The van der Waals surface area contributed by atoms with Gasteiger partial charge in [0.05, 0.1) is 11.7 Å². The second kappa shape index (κ2) is 5.17. The summed E-state index contributed by atoms with van der Waals surface area (Å²) in [5.74, 6) is 0. The summed E-state index contributed by atoms with van der Waals surface area (Å²) in [4.78, 5) is 4.50. The number of rotatable bonds is 2. The zero-order valence-electron chi connectivity index (χ0n) is 9.66. The van der Waals surface area contributed by atoms with E-state index in [4.69, 9.17) is 0 Å². The number of benzene rings is 1. The second-order valence-electron chi connectivity index (χ2n) is 4.41. The van der Waals surface area contributed by atoms with Crippen LogP contribution in [0.15, 0.2) is 41.0 Å². The molecule has 0 saturated carbocycles. The van der Waals surface area contributed by atoms with Crippen LogP contribution in [0.2, 0.25) is 0 Å². The van der Waals surface area contributed by atoms with Crippen LogP contribution >= 0.6 is 38.5 Å². The van der Waals surface area contributed by atoms with Crippen molar-refractivity contribution >= 4 is 44.2 Å². The fourth-order valence-corrected chi connectivity index (χ4v) is 3.05. The monoisotopic (exact) mass is 414 g/mol. The minimum atomic E-state index is 0.341. The molecule has 2 aromatic rings. The van der Waals surface area contributed by atoms with Crippen molar-refractivity contribution in [1.82, 2.24) is 4.98 Å². The highest BCUT2D eigenvalue weighted by molar-refractivity contribution is 14.1. The van der Waals surface area contributed by atoms with E-state index in [-0.39, 0.29) is 0 Å². The number of aryl methyl sites for hydroxylation is 1. The summed E-state index contributed by atoms with van der Waals surface area (Å²) in [6, 6.07) is 10.9. The quantitative estimate of drug-likeness (QED) is 0.729. The normalized spacial score (nSPS) is 17.6. The van der Waals surface area contributed by atoms with E-state index in [0.29, 0.717) is 6.04 Å². The number of anilines is 1. The van der Waals surface area contributed by atoms with Gasteiger partial charge in [-0.1, -0.05) is 6.07 Å².